The highest BCUT2D eigenvalue weighted by molar-refractivity contribution is 7.02. The summed E-state index contributed by atoms with van der Waals surface area (Å²) in [6, 6.07) is 0.568. The molecule has 0 radical (unpaired) electrons. The van der Waals surface area contributed by atoms with Crippen molar-refractivity contribution in [2.75, 3.05) is 0 Å². The fourth-order valence-electron chi connectivity index (χ4n) is 7.12. The molecule has 0 spiro atoms. The molecule has 202 valence electrons. The molecule has 0 amide bonds. The van der Waals surface area contributed by atoms with E-state index in [9.17, 15) is 0 Å². The zero-order valence-corrected chi connectivity index (χ0v) is 29.6. The van der Waals surface area contributed by atoms with Crippen molar-refractivity contribution in [2.24, 2.45) is 17.8 Å². The highest BCUT2D eigenvalue weighted by Crippen LogP contribution is 2.51. The Morgan fingerprint density at radius 3 is 1.17 bits per heavy atom. The highest BCUT2D eigenvalue weighted by atomic mass is 28.6. The lowest BCUT2D eigenvalue weighted by Crippen LogP contribution is -2.86. The lowest BCUT2D eigenvalue weighted by atomic mass is 9.91. The van der Waals surface area contributed by atoms with Gasteiger partial charge in [0.25, 0.3) is 0 Å². The first-order valence-electron chi connectivity index (χ1n) is 12.6. The Hall–Kier alpha value is 0.995. The molecule has 7 fully saturated rings. The Morgan fingerprint density at radius 2 is 0.861 bits per heavy atom. The van der Waals surface area contributed by atoms with E-state index in [1.165, 1.54) is 12.8 Å². The molecule has 2 aliphatic carbocycles. The Morgan fingerprint density at radius 1 is 0.500 bits per heavy atom. The predicted octanol–water partition coefficient (Wildman–Crippen LogP) is 2.78. The number of rotatable bonds is 3. The third-order valence-electron chi connectivity index (χ3n) is 7.60. The van der Waals surface area contributed by atoms with Crippen LogP contribution >= 0.6 is 0 Å². The summed E-state index contributed by atoms with van der Waals surface area (Å²) in [6.07, 6.45) is 8.01. The van der Waals surface area contributed by atoms with Crippen LogP contribution in [0.1, 0.15) is 19.3 Å². The van der Waals surface area contributed by atoms with E-state index in [-0.39, 0.29) is 0 Å². The molecular formula is C16H34O12Si8. The van der Waals surface area contributed by atoms with Crippen molar-refractivity contribution in [1.82, 2.24) is 0 Å². The Kier molecular flexibility index (Phi) is 5.50. The van der Waals surface area contributed by atoms with Crippen molar-refractivity contribution < 1.29 is 49.4 Å². The average Bonchev–Trinajstić information content (AvgIpc) is 3.20. The van der Waals surface area contributed by atoms with Crippen LogP contribution in [-0.4, -0.2) is 70.4 Å². The van der Waals surface area contributed by atoms with Gasteiger partial charge in [0.15, 0.2) is 0 Å². The van der Waals surface area contributed by atoms with Crippen molar-refractivity contribution in [3.05, 3.63) is 12.2 Å². The van der Waals surface area contributed by atoms with Gasteiger partial charge in [0.2, 0.25) is 0 Å². The van der Waals surface area contributed by atoms with Crippen molar-refractivity contribution in [3.8, 4) is 0 Å². The molecule has 10 bridgehead atoms. The Balaban J connectivity index is 1.35. The van der Waals surface area contributed by atoms with Crippen LogP contribution in [0, 0.1) is 17.8 Å². The lowest BCUT2D eigenvalue weighted by Gasteiger charge is -2.60. The fourth-order valence-corrected chi connectivity index (χ4v) is 53.1. The number of hydrogen-bond donors (Lipinski definition) is 0. The van der Waals surface area contributed by atoms with Gasteiger partial charge < -0.3 is 49.4 Å². The number of fused-ring (bicyclic) bond motifs is 2. The molecule has 0 N–H and O–H groups in total. The molecule has 0 aromatic heterocycles. The Labute approximate surface area is 220 Å². The highest BCUT2D eigenvalue weighted by Gasteiger charge is 2.78. The van der Waals surface area contributed by atoms with Gasteiger partial charge in [-0.05, 0) is 37.0 Å². The zero-order valence-electron chi connectivity index (χ0n) is 21.6. The summed E-state index contributed by atoms with van der Waals surface area (Å²) in [5, 5.41) is 0. The third kappa shape index (κ3) is 4.39. The quantitative estimate of drug-likeness (QED) is 0.333. The second-order valence-electron chi connectivity index (χ2n) is 11.5. The standard InChI is InChI=1S/C16H34O12Si8/c1-29-17-30(2)20-33(5)22-31(3,18-29)24-35(7)25-32(4,19-29)23-34(6,21-30)27-36(26-33,28-35)11-10-16-13-14-8-9-15(16)12-14/h8-9,14-16H,10-13H2,1-7H3. The molecule has 0 aromatic carbocycles. The SMILES string of the molecule is C[Si]12O[Si]3(C)O[Si]4(C)O[Si](C)(O1)O[Si]1(C)O[Si](C)(O2)O[Si](C)(O3)O[Si](CCC2CC3C=CC2C3)(O4)O1. The maximum absolute atomic E-state index is 6.92. The zero-order chi connectivity index (χ0) is 25.5. The van der Waals surface area contributed by atoms with Gasteiger partial charge in [-0.15, -0.1) is 0 Å². The second-order valence-corrected chi connectivity index (χ2v) is 35.3. The molecule has 6 aliphatic heterocycles. The summed E-state index contributed by atoms with van der Waals surface area (Å²) in [7, 11) is -27.9. The summed E-state index contributed by atoms with van der Waals surface area (Å²) in [5.74, 6) is 1.81. The van der Waals surface area contributed by atoms with Gasteiger partial charge in [0.05, 0.1) is 0 Å². The molecule has 6 heterocycles. The summed E-state index contributed by atoms with van der Waals surface area (Å²) in [4.78, 5) is 0. The van der Waals surface area contributed by atoms with Gasteiger partial charge in [0, 0.05) is 51.9 Å². The monoisotopic (exact) mass is 642 g/mol. The normalized spacial score (nSPS) is 63.1. The maximum atomic E-state index is 6.92. The Bertz CT molecular complexity index is 907. The molecule has 20 heteroatoms. The molecule has 1 saturated carbocycles. The molecular weight excluding hydrogens is 609 g/mol. The van der Waals surface area contributed by atoms with Crippen LogP contribution in [0.5, 0.6) is 0 Å². The molecule has 12 nitrogen and oxygen atoms in total. The first kappa shape index (κ1) is 25.9. The number of allylic oxidation sites excluding steroid dienone is 2. The van der Waals surface area contributed by atoms with E-state index < -0.39 is 70.4 Å². The summed E-state index contributed by atoms with van der Waals surface area (Å²) in [5.41, 5.74) is 0. The van der Waals surface area contributed by atoms with Crippen LogP contribution in [-0.2, 0) is 49.4 Å². The van der Waals surface area contributed by atoms with E-state index in [2.05, 4.69) is 12.2 Å². The number of hydrogen-bond acceptors (Lipinski definition) is 12. The van der Waals surface area contributed by atoms with Crippen LogP contribution in [0.2, 0.25) is 51.9 Å². The molecule has 8 aliphatic rings. The van der Waals surface area contributed by atoms with Crippen LogP contribution in [0.25, 0.3) is 0 Å². The predicted molar refractivity (Wildman–Crippen MR) is 138 cm³/mol. The van der Waals surface area contributed by atoms with Gasteiger partial charge in [-0.3, -0.25) is 0 Å². The van der Waals surface area contributed by atoms with Gasteiger partial charge in [-0.1, -0.05) is 12.2 Å². The average molecular weight is 643 g/mol. The molecule has 8 rings (SSSR count). The largest absolute Gasteiger partial charge is 0.478 e. The third-order valence-corrected chi connectivity index (χ3v) is 43.4. The van der Waals surface area contributed by atoms with Crippen LogP contribution in [0.15, 0.2) is 12.2 Å². The van der Waals surface area contributed by atoms with Crippen molar-refractivity contribution in [1.29, 1.82) is 0 Å². The van der Waals surface area contributed by atoms with Crippen molar-refractivity contribution in [3.63, 3.8) is 0 Å². The maximum Gasteiger partial charge on any atom is 0.478 e. The minimum absolute atomic E-state index is 0.550. The summed E-state index contributed by atoms with van der Waals surface area (Å²) < 4.78 is 80.4. The first-order valence-corrected chi connectivity index (χ1v) is 30.1. The van der Waals surface area contributed by atoms with Gasteiger partial charge >= 0.3 is 70.4 Å². The first-order chi connectivity index (χ1) is 16.5. The molecule has 36 heavy (non-hydrogen) atoms. The molecule has 3 atom stereocenters. The van der Waals surface area contributed by atoms with E-state index in [1.807, 2.05) is 19.6 Å². The minimum Gasteiger partial charge on any atom is -0.374 e. The van der Waals surface area contributed by atoms with E-state index in [4.69, 9.17) is 49.4 Å². The van der Waals surface area contributed by atoms with E-state index >= 15 is 0 Å². The van der Waals surface area contributed by atoms with Crippen LogP contribution in [0.4, 0.5) is 0 Å². The smallest absolute Gasteiger partial charge is 0.374 e. The van der Waals surface area contributed by atoms with Crippen molar-refractivity contribution >= 4 is 70.4 Å². The van der Waals surface area contributed by atoms with E-state index in [0.29, 0.717) is 23.8 Å². The van der Waals surface area contributed by atoms with Crippen LogP contribution in [0.3, 0.4) is 0 Å². The van der Waals surface area contributed by atoms with Gasteiger partial charge in [0.1, 0.15) is 0 Å². The summed E-state index contributed by atoms with van der Waals surface area (Å²) >= 11 is 0. The second kappa shape index (κ2) is 7.63. The fraction of sp³-hybridized carbons (Fsp3) is 0.875. The van der Waals surface area contributed by atoms with Gasteiger partial charge in [-0.2, -0.15) is 0 Å². The van der Waals surface area contributed by atoms with Crippen LogP contribution < -0.4 is 0 Å². The van der Waals surface area contributed by atoms with E-state index in [1.54, 1.807) is 26.2 Å². The van der Waals surface area contributed by atoms with E-state index in [0.717, 1.165) is 6.42 Å². The molecule has 3 unspecified atom stereocenters. The van der Waals surface area contributed by atoms with Gasteiger partial charge in [-0.25, -0.2) is 0 Å². The molecule has 6 saturated heterocycles. The minimum atomic E-state index is -3.56. The lowest BCUT2D eigenvalue weighted by molar-refractivity contribution is -0.0195. The topological polar surface area (TPSA) is 111 Å². The summed E-state index contributed by atoms with van der Waals surface area (Å²) in [6.45, 7) is 12.7. The van der Waals surface area contributed by atoms with Crippen molar-refractivity contribution in [2.45, 2.75) is 71.1 Å². The molecule has 0 aromatic rings.